The Morgan fingerprint density at radius 1 is 1.04 bits per heavy atom. The second-order valence-electron chi connectivity index (χ2n) is 6.23. The minimum Gasteiger partial charge on any atom is -0.340 e. The van der Waals surface area contributed by atoms with Gasteiger partial charge < -0.3 is 10.6 Å². The van der Waals surface area contributed by atoms with Gasteiger partial charge in [0.1, 0.15) is 5.82 Å². The number of aromatic nitrogens is 2. The van der Waals surface area contributed by atoms with Gasteiger partial charge in [-0.1, -0.05) is 5.92 Å². The van der Waals surface area contributed by atoms with Crippen LogP contribution in [0.3, 0.4) is 0 Å². The van der Waals surface area contributed by atoms with Crippen LogP contribution < -0.4 is 10.6 Å². The third-order valence-electron chi connectivity index (χ3n) is 4.12. The molecule has 0 aliphatic carbocycles. The highest BCUT2D eigenvalue weighted by atomic mass is 15.1. The van der Waals surface area contributed by atoms with Crippen LogP contribution in [0.4, 0.5) is 23.1 Å². The molecular formula is C23H19N5. The molecule has 5 nitrogen and oxygen atoms in total. The smallest absolute Gasteiger partial charge is 0.229 e. The number of hydrogen-bond acceptors (Lipinski definition) is 5. The quantitative estimate of drug-likeness (QED) is 0.486. The molecule has 0 unspecified atom stereocenters. The molecule has 28 heavy (non-hydrogen) atoms. The molecule has 3 aromatic rings. The van der Waals surface area contributed by atoms with Crippen LogP contribution >= 0.6 is 0 Å². The molecule has 0 amide bonds. The highest BCUT2D eigenvalue weighted by Gasteiger charge is 2.07. The Morgan fingerprint density at radius 2 is 1.75 bits per heavy atom. The topological polar surface area (TPSA) is 73.6 Å². The summed E-state index contributed by atoms with van der Waals surface area (Å²) in [6.07, 6.45) is 10.3. The molecule has 0 aliphatic heterocycles. The van der Waals surface area contributed by atoms with Crippen molar-refractivity contribution in [2.24, 2.45) is 0 Å². The van der Waals surface area contributed by atoms with Gasteiger partial charge in [0.25, 0.3) is 0 Å². The van der Waals surface area contributed by atoms with Crippen molar-refractivity contribution in [2.75, 3.05) is 10.6 Å². The predicted octanol–water partition coefficient (Wildman–Crippen LogP) is 5.10. The van der Waals surface area contributed by atoms with Crippen LogP contribution in [-0.4, -0.2) is 9.97 Å². The van der Waals surface area contributed by atoms with E-state index in [0.29, 0.717) is 11.8 Å². The molecule has 0 fully saturated rings. The molecule has 2 N–H and O–H groups in total. The van der Waals surface area contributed by atoms with E-state index in [0.717, 1.165) is 33.6 Å². The van der Waals surface area contributed by atoms with E-state index < -0.39 is 0 Å². The standard InChI is InChI=1S/C23H19N5/c1-4-18-7-9-20(10-8-18)26-23-25-13-11-21(28-23)27-22-16(2)14-19(6-5-12-24)15-17(22)3/h1,5-11,13-15H,2-3H3,(H2,25,26,27,28)/b6-5-. The van der Waals surface area contributed by atoms with Crippen molar-refractivity contribution in [2.45, 2.75) is 13.8 Å². The van der Waals surface area contributed by atoms with Crippen molar-refractivity contribution in [3.63, 3.8) is 0 Å². The normalized spacial score (nSPS) is 10.3. The van der Waals surface area contributed by atoms with Crippen LogP contribution in [0.1, 0.15) is 22.3 Å². The van der Waals surface area contributed by atoms with Gasteiger partial charge in [0.15, 0.2) is 0 Å². The van der Waals surface area contributed by atoms with Crippen molar-refractivity contribution < 1.29 is 0 Å². The molecule has 2 aromatic carbocycles. The predicted molar refractivity (Wildman–Crippen MR) is 114 cm³/mol. The van der Waals surface area contributed by atoms with Crippen molar-refractivity contribution in [3.05, 3.63) is 77.0 Å². The van der Waals surface area contributed by atoms with E-state index in [1.807, 2.05) is 62.4 Å². The molecule has 0 saturated heterocycles. The number of allylic oxidation sites excluding steroid dienone is 1. The molecule has 1 heterocycles. The van der Waals surface area contributed by atoms with Crippen LogP contribution in [0, 0.1) is 37.5 Å². The molecular weight excluding hydrogens is 346 g/mol. The van der Waals surface area contributed by atoms with Crippen molar-refractivity contribution in [3.8, 4) is 18.4 Å². The lowest BCUT2D eigenvalue weighted by atomic mass is 10.0. The second kappa shape index (κ2) is 8.53. The number of aryl methyl sites for hydroxylation is 2. The van der Waals surface area contributed by atoms with Gasteiger partial charge in [-0.25, -0.2) is 4.98 Å². The maximum absolute atomic E-state index is 8.70. The molecule has 0 aliphatic rings. The Balaban J connectivity index is 1.80. The van der Waals surface area contributed by atoms with Crippen molar-refractivity contribution in [1.29, 1.82) is 5.26 Å². The zero-order chi connectivity index (χ0) is 19.9. The second-order valence-corrected chi connectivity index (χ2v) is 6.23. The minimum atomic E-state index is 0.488. The number of terminal acetylenes is 1. The number of benzene rings is 2. The first-order valence-electron chi connectivity index (χ1n) is 8.70. The summed E-state index contributed by atoms with van der Waals surface area (Å²) < 4.78 is 0. The number of nitrogens with one attached hydrogen (secondary N) is 2. The first-order chi connectivity index (χ1) is 13.6. The van der Waals surface area contributed by atoms with Gasteiger partial charge in [-0.3, -0.25) is 0 Å². The summed E-state index contributed by atoms with van der Waals surface area (Å²) in [5.74, 6) is 3.76. The number of nitriles is 1. The largest absolute Gasteiger partial charge is 0.340 e. The molecule has 0 bridgehead atoms. The molecule has 5 heteroatoms. The summed E-state index contributed by atoms with van der Waals surface area (Å²) in [6, 6.07) is 15.4. The lowest BCUT2D eigenvalue weighted by Crippen LogP contribution is -2.02. The van der Waals surface area contributed by atoms with Crippen LogP contribution in [-0.2, 0) is 0 Å². The highest BCUT2D eigenvalue weighted by molar-refractivity contribution is 5.69. The highest BCUT2D eigenvalue weighted by Crippen LogP contribution is 2.26. The summed E-state index contributed by atoms with van der Waals surface area (Å²) >= 11 is 0. The third kappa shape index (κ3) is 4.55. The molecule has 0 radical (unpaired) electrons. The van der Waals surface area contributed by atoms with E-state index >= 15 is 0 Å². The Kier molecular flexibility index (Phi) is 5.69. The van der Waals surface area contributed by atoms with E-state index in [9.17, 15) is 0 Å². The fraction of sp³-hybridized carbons (Fsp3) is 0.0870. The van der Waals surface area contributed by atoms with Gasteiger partial charge in [-0.05, 0) is 79.1 Å². The fourth-order valence-electron chi connectivity index (χ4n) is 2.82. The zero-order valence-corrected chi connectivity index (χ0v) is 15.7. The van der Waals surface area contributed by atoms with Crippen molar-refractivity contribution >= 4 is 29.2 Å². The number of hydrogen-bond donors (Lipinski definition) is 2. The van der Waals surface area contributed by atoms with Gasteiger partial charge in [-0.2, -0.15) is 10.2 Å². The van der Waals surface area contributed by atoms with Gasteiger partial charge in [-0.15, -0.1) is 6.42 Å². The maximum Gasteiger partial charge on any atom is 0.229 e. The molecule has 0 spiro atoms. The van der Waals surface area contributed by atoms with Crippen molar-refractivity contribution in [1.82, 2.24) is 9.97 Å². The molecule has 0 saturated carbocycles. The van der Waals surface area contributed by atoms with Crippen LogP contribution in [0.2, 0.25) is 0 Å². The first kappa shape index (κ1) is 18.7. The van der Waals surface area contributed by atoms with Crippen LogP contribution in [0.25, 0.3) is 6.08 Å². The number of rotatable bonds is 5. The van der Waals surface area contributed by atoms with Gasteiger partial charge in [0, 0.05) is 29.2 Å². The Hall–Kier alpha value is -4.09. The zero-order valence-electron chi connectivity index (χ0n) is 15.7. The van der Waals surface area contributed by atoms with Crippen LogP contribution in [0.5, 0.6) is 0 Å². The van der Waals surface area contributed by atoms with Gasteiger partial charge in [0.2, 0.25) is 5.95 Å². The summed E-state index contributed by atoms with van der Waals surface area (Å²) in [4.78, 5) is 8.80. The molecule has 136 valence electrons. The fourth-order valence-corrected chi connectivity index (χ4v) is 2.82. The number of anilines is 4. The molecule has 1 aromatic heterocycles. The third-order valence-corrected chi connectivity index (χ3v) is 4.12. The SMILES string of the molecule is C#Cc1ccc(Nc2nccc(Nc3c(C)cc(/C=C\C#N)cc3C)n2)cc1. The number of nitrogens with zero attached hydrogens (tertiary/aromatic N) is 3. The first-order valence-corrected chi connectivity index (χ1v) is 8.70. The average molecular weight is 365 g/mol. The van der Waals surface area contributed by atoms with Gasteiger partial charge >= 0.3 is 0 Å². The lowest BCUT2D eigenvalue weighted by Gasteiger charge is -2.14. The Labute approximate surface area is 164 Å². The monoisotopic (exact) mass is 365 g/mol. The minimum absolute atomic E-state index is 0.488. The summed E-state index contributed by atoms with van der Waals surface area (Å²) in [7, 11) is 0. The Morgan fingerprint density at radius 3 is 2.39 bits per heavy atom. The maximum atomic E-state index is 8.70. The van der Waals surface area contributed by atoms with Crippen LogP contribution in [0.15, 0.2) is 54.7 Å². The van der Waals surface area contributed by atoms with E-state index in [2.05, 4.69) is 26.5 Å². The summed E-state index contributed by atoms with van der Waals surface area (Å²) in [5, 5.41) is 15.2. The van der Waals surface area contributed by atoms with E-state index in [-0.39, 0.29) is 0 Å². The Bertz CT molecular complexity index is 1080. The van der Waals surface area contributed by atoms with E-state index in [1.54, 1.807) is 12.3 Å². The van der Waals surface area contributed by atoms with Gasteiger partial charge in [0.05, 0.1) is 6.07 Å². The van der Waals surface area contributed by atoms with E-state index in [1.165, 1.54) is 6.08 Å². The summed E-state index contributed by atoms with van der Waals surface area (Å²) in [5.41, 5.74) is 5.78. The molecule has 3 rings (SSSR count). The van der Waals surface area contributed by atoms with E-state index in [4.69, 9.17) is 11.7 Å². The average Bonchev–Trinajstić information content (AvgIpc) is 2.70. The lowest BCUT2D eigenvalue weighted by molar-refractivity contribution is 1.16. The summed E-state index contributed by atoms with van der Waals surface area (Å²) in [6.45, 7) is 4.04. The molecule has 0 atom stereocenters.